The summed E-state index contributed by atoms with van der Waals surface area (Å²) < 4.78 is 2.71. The SMILES string of the molecule is CCC(CC)(NC(=O)c1c(C)nn2c1N[C@@H](c1ccccc1)CC2(C)C)c1ccc(Cl)s1. The van der Waals surface area contributed by atoms with Crippen molar-refractivity contribution < 1.29 is 4.79 Å². The van der Waals surface area contributed by atoms with Gasteiger partial charge in [0.05, 0.1) is 27.1 Å². The summed E-state index contributed by atoms with van der Waals surface area (Å²) in [7, 11) is 0. The van der Waals surface area contributed by atoms with Crippen LogP contribution in [0.5, 0.6) is 0 Å². The number of aryl methyl sites for hydroxylation is 1. The highest BCUT2D eigenvalue weighted by Crippen LogP contribution is 2.42. The number of aromatic nitrogens is 2. The lowest BCUT2D eigenvalue weighted by Crippen LogP contribution is -2.45. The van der Waals surface area contributed by atoms with Crippen LogP contribution in [0.3, 0.4) is 0 Å². The molecule has 0 fully saturated rings. The minimum atomic E-state index is -0.459. The smallest absolute Gasteiger partial charge is 0.257 e. The normalized spacial score (nSPS) is 17.5. The van der Waals surface area contributed by atoms with Gasteiger partial charge < -0.3 is 10.6 Å². The van der Waals surface area contributed by atoms with Crippen LogP contribution in [0.15, 0.2) is 42.5 Å². The number of hydrogen-bond donors (Lipinski definition) is 2. The zero-order chi connectivity index (χ0) is 23.1. The highest BCUT2D eigenvalue weighted by atomic mass is 35.5. The van der Waals surface area contributed by atoms with Crippen molar-refractivity contribution >= 4 is 34.7 Å². The second kappa shape index (κ2) is 8.56. The van der Waals surface area contributed by atoms with Gasteiger partial charge in [-0.2, -0.15) is 5.10 Å². The maximum atomic E-state index is 13.7. The summed E-state index contributed by atoms with van der Waals surface area (Å²) in [6, 6.07) is 14.4. The summed E-state index contributed by atoms with van der Waals surface area (Å²) in [4.78, 5) is 14.8. The molecule has 1 aliphatic rings. The third-order valence-electron chi connectivity index (χ3n) is 6.68. The van der Waals surface area contributed by atoms with Crippen molar-refractivity contribution in [2.24, 2.45) is 0 Å². The maximum Gasteiger partial charge on any atom is 0.257 e. The largest absolute Gasteiger partial charge is 0.363 e. The van der Waals surface area contributed by atoms with E-state index in [0.29, 0.717) is 5.56 Å². The number of anilines is 1. The van der Waals surface area contributed by atoms with Gasteiger partial charge in [0.25, 0.3) is 5.91 Å². The van der Waals surface area contributed by atoms with Crippen molar-refractivity contribution in [1.82, 2.24) is 15.1 Å². The van der Waals surface area contributed by atoms with Crippen LogP contribution in [0.4, 0.5) is 5.82 Å². The van der Waals surface area contributed by atoms with Crippen LogP contribution in [0, 0.1) is 6.92 Å². The standard InChI is InChI=1S/C25H31ClN4OS/c1-6-25(7-2,19-13-14-20(26)32-19)28-23(31)21-16(3)29-30-22(21)27-18(15-24(30,4)5)17-11-9-8-10-12-17/h8-14,18,27H,6-7,15H2,1-5H3,(H,28,31)/t18-/m1/s1. The van der Waals surface area contributed by atoms with E-state index in [1.807, 2.05) is 29.8 Å². The van der Waals surface area contributed by atoms with Crippen molar-refractivity contribution in [2.75, 3.05) is 5.32 Å². The average molecular weight is 471 g/mol. The maximum absolute atomic E-state index is 13.7. The van der Waals surface area contributed by atoms with Crippen molar-refractivity contribution in [2.45, 2.75) is 71.0 Å². The highest BCUT2D eigenvalue weighted by molar-refractivity contribution is 7.16. The molecular weight excluding hydrogens is 440 g/mol. The number of halogens is 1. The monoisotopic (exact) mass is 470 g/mol. The zero-order valence-corrected chi connectivity index (χ0v) is 20.9. The van der Waals surface area contributed by atoms with Gasteiger partial charge in [-0.3, -0.25) is 4.79 Å². The fourth-order valence-corrected chi connectivity index (χ4v) is 6.08. The molecule has 3 heterocycles. The summed E-state index contributed by atoms with van der Waals surface area (Å²) >= 11 is 7.75. The van der Waals surface area contributed by atoms with Crippen molar-refractivity contribution in [3.63, 3.8) is 0 Å². The Bertz CT molecular complexity index is 1110. The predicted molar refractivity (Wildman–Crippen MR) is 133 cm³/mol. The van der Waals surface area contributed by atoms with Gasteiger partial charge in [0, 0.05) is 4.88 Å². The van der Waals surface area contributed by atoms with E-state index < -0.39 is 5.54 Å². The Labute approximate surface area is 199 Å². The molecule has 4 rings (SSSR count). The van der Waals surface area contributed by atoms with Gasteiger partial charge in [-0.25, -0.2) is 4.68 Å². The Kier molecular flexibility index (Phi) is 6.12. The Balaban J connectivity index is 1.72. The molecule has 1 aromatic carbocycles. The van der Waals surface area contributed by atoms with E-state index in [9.17, 15) is 4.79 Å². The molecule has 0 saturated heterocycles. The van der Waals surface area contributed by atoms with Gasteiger partial charge in [0.15, 0.2) is 0 Å². The number of nitrogens with one attached hydrogen (secondary N) is 2. The van der Waals surface area contributed by atoms with Crippen molar-refractivity contribution in [3.05, 3.63) is 68.5 Å². The molecule has 0 unspecified atom stereocenters. The molecule has 3 aromatic rings. The lowest BCUT2D eigenvalue weighted by molar-refractivity contribution is 0.0891. The Morgan fingerprint density at radius 3 is 2.53 bits per heavy atom. The lowest BCUT2D eigenvalue weighted by Gasteiger charge is -2.38. The van der Waals surface area contributed by atoms with E-state index in [1.54, 1.807) is 0 Å². The zero-order valence-electron chi connectivity index (χ0n) is 19.3. The van der Waals surface area contributed by atoms with Crippen LogP contribution >= 0.6 is 22.9 Å². The average Bonchev–Trinajstić information content (AvgIpc) is 3.36. The van der Waals surface area contributed by atoms with Crippen LogP contribution in [-0.4, -0.2) is 15.7 Å². The molecule has 1 atom stereocenters. The van der Waals surface area contributed by atoms with E-state index in [2.05, 4.69) is 62.6 Å². The molecule has 0 saturated carbocycles. The first-order valence-corrected chi connectivity index (χ1v) is 12.4. The summed E-state index contributed by atoms with van der Waals surface area (Å²) in [5.74, 6) is 0.685. The molecule has 0 aliphatic carbocycles. The Morgan fingerprint density at radius 2 is 1.94 bits per heavy atom. The molecule has 7 heteroatoms. The molecule has 32 heavy (non-hydrogen) atoms. The predicted octanol–water partition coefficient (Wildman–Crippen LogP) is 6.64. The molecule has 0 spiro atoms. The molecule has 1 amide bonds. The first-order valence-electron chi connectivity index (χ1n) is 11.2. The number of hydrogen-bond acceptors (Lipinski definition) is 4. The van der Waals surface area contributed by atoms with Gasteiger partial charge >= 0.3 is 0 Å². The molecule has 1 aliphatic heterocycles. The molecule has 0 radical (unpaired) electrons. The second-order valence-electron chi connectivity index (χ2n) is 9.19. The number of amides is 1. The molecule has 2 aromatic heterocycles. The minimum absolute atomic E-state index is 0.103. The number of benzene rings is 1. The highest BCUT2D eigenvalue weighted by Gasteiger charge is 2.40. The summed E-state index contributed by atoms with van der Waals surface area (Å²) in [6.45, 7) is 10.5. The first kappa shape index (κ1) is 22.9. The minimum Gasteiger partial charge on any atom is -0.363 e. The van der Waals surface area contributed by atoms with E-state index in [0.717, 1.165) is 40.0 Å². The Hall–Kier alpha value is -2.31. The van der Waals surface area contributed by atoms with Gasteiger partial charge in [-0.1, -0.05) is 55.8 Å². The number of carbonyl (C=O) groups is 1. The molecule has 5 nitrogen and oxygen atoms in total. The fourth-order valence-electron chi connectivity index (χ4n) is 4.75. The number of thiophene rings is 1. The van der Waals surface area contributed by atoms with E-state index in [-0.39, 0.29) is 17.5 Å². The number of fused-ring (bicyclic) bond motifs is 1. The van der Waals surface area contributed by atoms with Crippen LogP contribution in [0.1, 0.15) is 79.5 Å². The summed E-state index contributed by atoms with van der Waals surface area (Å²) in [5.41, 5.74) is 1.88. The number of rotatable bonds is 6. The van der Waals surface area contributed by atoms with Gasteiger partial charge in [-0.05, 0) is 57.7 Å². The Morgan fingerprint density at radius 1 is 1.25 bits per heavy atom. The lowest BCUT2D eigenvalue weighted by atomic mass is 9.88. The van der Waals surface area contributed by atoms with Gasteiger partial charge in [0.1, 0.15) is 11.4 Å². The van der Waals surface area contributed by atoms with Crippen LogP contribution < -0.4 is 10.6 Å². The summed E-state index contributed by atoms with van der Waals surface area (Å²) in [6.07, 6.45) is 2.44. The van der Waals surface area contributed by atoms with Crippen molar-refractivity contribution in [3.8, 4) is 0 Å². The number of carbonyl (C=O) groups excluding carboxylic acids is 1. The van der Waals surface area contributed by atoms with E-state index in [4.69, 9.17) is 16.7 Å². The molecule has 170 valence electrons. The summed E-state index contributed by atoms with van der Waals surface area (Å²) in [5, 5.41) is 11.8. The van der Waals surface area contributed by atoms with Crippen LogP contribution in [0.25, 0.3) is 0 Å². The molecule has 0 bridgehead atoms. The van der Waals surface area contributed by atoms with Crippen LogP contribution in [-0.2, 0) is 11.1 Å². The topological polar surface area (TPSA) is 59.0 Å². The second-order valence-corrected chi connectivity index (χ2v) is 10.9. The van der Waals surface area contributed by atoms with Crippen LogP contribution in [0.2, 0.25) is 4.34 Å². The van der Waals surface area contributed by atoms with E-state index in [1.165, 1.54) is 16.9 Å². The first-order chi connectivity index (χ1) is 15.2. The third-order valence-corrected chi connectivity index (χ3v) is 8.12. The quantitative estimate of drug-likeness (QED) is 0.424. The fraction of sp³-hybridized carbons (Fsp3) is 0.440. The third kappa shape index (κ3) is 3.95. The molecular formula is C25H31ClN4OS. The van der Waals surface area contributed by atoms with Crippen molar-refractivity contribution in [1.29, 1.82) is 0 Å². The van der Waals surface area contributed by atoms with E-state index >= 15 is 0 Å². The number of nitrogens with zero attached hydrogens (tertiary/aromatic N) is 2. The van der Waals surface area contributed by atoms with Gasteiger partial charge in [-0.15, -0.1) is 11.3 Å². The van der Waals surface area contributed by atoms with Gasteiger partial charge in [0.2, 0.25) is 0 Å². The molecule has 2 N–H and O–H groups in total.